The van der Waals surface area contributed by atoms with Crippen LogP contribution in [0, 0.1) is 12.8 Å². The first-order valence-corrected chi connectivity index (χ1v) is 13.2. The summed E-state index contributed by atoms with van der Waals surface area (Å²) in [5.41, 5.74) is 9.06. The Morgan fingerprint density at radius 1 is 1.00 bits per heavy atom. The minimum Gasteiger partial charge on any atom is -0.335 e. The summed E-state index contributed by atoms with van der Waals surface area (Å²) in [6.07, 6.45) is 9.32. The number of anilines is 1. The fraction of sp³-hybridized carbons (Fsp3) is 0.200. The number of benzene rings is 1. The average molecular weight is 515 g/mol. The molecule has 9 nitrogen and oxygen atoms in total. The largest absolute Gasteiger partial charge is 0.335 e. The lowest BCUT2D eigenvalue weighted by Gasteiger charge is -2.11. The van der Waals surface area contributed by atoms with E-state index in [9.17, 15) is 4.79 Å². The molecule has 1 aliphatic carbocycles. The van der Waals surface area contributed by atoms with E-state index in [1.807, 2.05) is 30.3 Å². The first-order valence-electron chi connectivity index (χ1n) is 13.2. The molecule has 0 atom stereocenters. The Kier molecular flexibility index (Phi) is 5.61. The smallest absolute Gasteiger partial charge is 0.227 e. The van der Waals surface area contributed by atoms with E-state index in [4.69, 9.17) is 9.97 Å². The molecule has 1 amide bonds. The molecule has 0 saturated heterocycles. The summed E-state index contributed by atoms with van der Waals surface area (Å²) in [5, 5.41) is 10.6. The lowest BCUT2D eigenvalue weighted by atomic mass is 10.0. The van der Waals surface area contributed by atoms with E-state index in [2.05, 4.69) is 55.6 Å². The predicted octanol–water partition coefficient (Wildman–Crippen LogP) is 6.06. The summed E-state index contributed by atoms with van der Waals surface area (Å²) in [6.45, 7) is 2.08. The average Bonchev–Trinajstić information content (AvgIpc) is 3.72. The lowest BCUT2D eigenvalue weighted by Crippen LogP contribution is -2.20. The van der Waals surface area contributed by atoms with Crippen LogP contribution in [0.4, 0.5) is 5.69 Å². The molecule has 6 aromatic rings. The van der Waals surface area contributed by atoms with Gasteiger partial charge in [-0.2, -0.15) is 5.10 Å². The van der Waals surface area contributed by atoms with Gasteiger partial charge in [0, 0.05) is 29.4 Å². The number of aromatic nitrogens is 7. The standard InChI is InChI=1S/C30H26N8O/c1-17-5-4-8-19(13-17)22-11-12-32-28-25(22)35-29(36-28)27-26-24(37-38-27)10-9-23(34-26)20-14-21(16-31-15-20)33-30(39)18-6-2-3-7-18/h4-5,8-16,18H,2-3,6-7H2,1H3,(H,33,39)(H,37,38)(H,32,35,36). The molecule has 1 saturated carbocycles. The first kappa shape index (κ1) is 23.2. The second-order valence-electron chi connectivity index (χ2n) is 10.1. The molecule has 1 aromatic carbocycles. The highest BCUT2D eigenvalue weighted by Crippen LogP contribution is 2.32. The molecule has 3 N–H and O–H groups in total. The topological polar surface area (TPSA) is 125 Å². The van der Waals surface area contributed by atoms with Crippen molar-refractivity contribution in [2.75, 3.05) is 5.32 Å². The van der Waals surface area contributed by atoms with Crippen molar-refractivity contribution in [1.82, 2.24) is 35.1 Å². The van der Waals surface area contributed by atoms with Crippen LogP contribution in [-0.2, 0) is 4.79 Å². The van der Waals surface area contributed by atoms with Gasteiger partial charge in [0.15, 0.2) is 17.2 Å². The second-order valence-corrected chi connectivity index (χ2v) is 10.1. The highest BCUT2D eigenvalue weighted by Gasteiger charge is 2.23. The fourth-order valence-corrected chi connectivity index (χ4v) is 5.38. The number of fused-ring (bicyclic) bond motifs is 2. The number of imidazole rings is 1. The van der Waals surface area contributed by atoms with Gasteiger partial charge >= 0.3 is 0 Å². The minimum atomic E-state index is 0.0653. The van der Waals surface area contributed by atoms with Gasteiger partial charge in [0.2, 0.25) is 5.91 Å². The van der Waals surface area contributed by atoms with Crippen LogP contribution in [0.3, 0.4) is 0 Å². The number of amides is 1. The van der Waals surface area contributed by atoms with E-state index in [0.717, 1.165) is 59.1 Å². The Morgan fingerprint density at radius 3 is 2.77 bits per heavy atom. The maximum atomic E-state index is 12.6. The van der Waals surface area contributed by atoms with Gasteiger partial charge in [-0.3, -0.25) is 14.9 Å². The van der Waals surface area contributed by atoms with Crippen LogP contribution in [0.25, 0.3) is 56.1 Å². The van der Waals surface area contributed by atoms with Crippen molar-refractivity contribution in [3.8, 4) is 33.9 Å². The zero-order chi connectivity index (χ0) is 26.3. The third-order valence-electron chi connectivity index (χ3n) is 7.38. The molecule has 5 heterocycles. The quantitative estimate of drug-likeness (QED) is 0.257. The van der Waals surface area contributed by atoms with Crippen LogP contribution in [0.5, 0.6) is 0 Å². The molecule has 9 heteroatoms. The summed E-state index contributed by atoms with van der Waals surface area (Å²) in [4.78, 5) is 34.6. The van der Waals surface area contributed by atoms with E-state index in [1.54, 1.807) is 18.6 Å². The van der Waals surface area contributed by atoms with Gasteiger partial charge in [0.05, 0.1) is 28.6 Å². The van der Waals surface area contributed by atoms with Gasteiger partial charge in [-0.15, -0.1) is 0 Å². The van der Waals surface area contributed by atoms with Crippen molar-refractivity contribution < 1.29 is 4.79 Å². The number of aromatic amines is 2. The van der Waals surface area contributed by atoms with Crippen molar-refractivity contribution in [3.63, 3.8) is 0 Å². The van der Waals surface area contributed by atoms with Gasteiger partial charge in [-0.05, 0) is 49.6 Å². The van der Waals surface area contributed by atoms with Crippen LogP contribution < -0.4 is 5.32 Å². The number of H-pyrrole nitrogens is 2. The van der Waals surface area contributed by atoms with Crippen LogP contribution in [0.2, 0.25) is 0 Å². The van der Waals surface area contributed by atoms with Crippen LogP contribution in [0.1, 0.15) is 31.2 Å². The van der Waals surface area contributed by atoms with E-state index in [-0.39, 0.29) is 11.8 Å². The number of nitrogens with zero attached hydrogens (tertiary/aromatic N) is 5. The van der Waals surface area contributed by atoms with Crippen molar-refractivity contribution in [1.29, 1.82) is 0 Å². The number of carbonyl (C=O) groups is 1. The summed E-state index contributed by atoms with van der Waals surface area (Å²) in [6, 6.07) is 16.1. The first-order chi connectivity index (χ1) is 19.1. The summed E-state index contributed by atoms with van der Waals surface area (Å²) < 4.78 is 0. The second kappa shape index (κ2) is 9.43. The Morgan fingerprint density at radius 2 is 1.90 bits per heavy atom. The summed E-state index contributed by atoms with van der Waals surface area (Å²) >= 11 is 0. The summed E-state index contributed by atoms with van der Waals surface area (Å²) in [7, 11) is 0. The van der Waals surface area contributed by atoms with Gasteiger partial charge < -0.3 is 10.3 Å². The molecule has 0 spiro atoms. The molecule has 0 radical (unpaired) electrons. The number of pyridine rings is 3. The normalized spacial score (nSPS) is 13.9. The fourth-order valence-electron chi connectivity index (χ4n) is 5.38. The number of hydrogen-bond acceptors (Lipinski definition) is 6. The maximum Gasteiger partial charge on any atom is 0.227 e. The molecular weight excluding hydrogens is 488 g/mol. The molecule has 1 aliphatic rings. The van der Waals surface area contributed by atoms with Gasteiger partial charge in [-0.25, -0.2) is 15.0 Å². The van der Waals surface area contributed by atoms with Gasteiger partial charge in [0.25, 0.3) is 0 Å². The highest BCUT2D eigenvalue weighted by atomic mass is 16.1. The number of hydrogen-bond donors (Lipinski definition) is 3. The molecule has 7 rings (SSSR count). The third-order valence-corrected chi connectivity index (χ3v) is 7.38. The van der Waals surface area contributed by atoms with Crippen molar-refractivity contribution in [2.24, 2.45) is 5.92 Å². The molecule has 0 bridgehead atoms. The molecule has 192 valence electrons. The predicted molar refractivity (Wildman–Crippen MR) is 151 cm³/mol. The maximum absolute atomic E-state index is 12.6. The van der Waals surface area contributed by atoms with Crippen LogP contribution >= 0.6 is 0 Å². The Bertz CT molecular complexity index is 1850. The minimum absolute atomic E-state index is 0.0653. The Balaban J connectivity index is 1.25. The monoisotopic (exact) mass is 514 g/mol. The number of aryl methyl sites for hydroxylation is 1. The number of nitrogens with one attached hydrogen (secondary N) is 3. The van der Waals surface area contributed by atoms with Crippen LogP contribution in [-0.4, -0.2) is 41.0 Å². The zero-order valence-electron chi connectivity index (χ0n) is 21.4. The van der Waals surface area contributed by atoms with Gasteiger partial charge in [0.1, 0.15) is 5.52 Å². The highest BCUT2D eigenvalue weighted by molar-refractivity contribution is 5.95. The number of carbonyl (C=O) groups excluding carboxylic acids is 1. The third kappa shape index (κ3) is 4.31. The molecule has 0 aliphatic heterocycles. The molecule has 39 heavy (non-hydrogen) atoms. The lowest BCUT2D eigenvalue weighted by molar-refractivity contribution is -0.119. The number of rotatable bonds is 5. The molecule has 0 unspecified atom stereocenters. The van der Waals surface area contributed by atoms with E-state index in [0.29, 0.717) is 28.4 Å². The Labute approximate surface area is 224 Å². The van der Waals surface area contributed by atoms with E-state index >= 15 is 0 Å². The Hall–Kier alpha value is -4.92. The van der Waals surface area contributed by atoms with Crippen LogP contribution in [0.15, 0.2) is 67.1 Å². The molecular formula is C30H26N8O. The molecule has 5 aromatic heterocycles. The molecule has 1 fully saturated rings. The SMILES string of the molecule is Cc1cccc(-c2ccnc3nc(-c4n[nH]c5ccc(-c6cncc(NC(=O)C7CCCC7)c6)nc45)[nH]c23)c1. The van der Waals surface area contributed by atoms with Crippen molar-refractivity contribution in [2.45, 2.75) is 32.6 Å². The van der Waals surface area contributed by atoms with E-state index in [1.165, 1.54) is 5.56 Å². The van der Waals surface area contributed by atoms with E-state index < -0.39 is 0 Å². The van der Waals surface area contributed by atoms with Crippen molar-refractivity contribution in [3.05, 3.63) is 72.7 Å². The summed E-state index contributed by atoms with van der Waals surface area (Å²) in [5.74, 6) is 0.737. The van der Waals surface area contributed by atoms with Crippen molar-refractivity contribution >= 4 is 33.8 Å². The van der Waals surface area contributed by atoms with Gasteiger partial charge in [-0.1, -0.05) is 42.7 Å². The zero-order valence-corrected chi connectivity index (χ0v) is 21.4.